The van der Waals surface area contributed by atoms with Crippen molar-refractivity contribution in [2.75, 3.05) is 18.6 Å². The van der Waals surface area contributed by atoms with Crippen molar-refractivity contribution in [1.29, 1.82) is 0 Å². The maximum Gasteiger partial charge on any atom is 0.313 e. The minimum atomic E-state index is -0.280. The fourth-order valence-electron chi connectivity index (χ4n) is 3.03. The van der Waals surface area contributed by atoms with E-state index in [4.69, 9.17) is 4.74 Å². The first kappa shape index (κ1) is 15.7. The Kier molecular flexibility index (Phi) is 4.76. The van der Waals surface area contributed by atoms with Crippen LogP contribution in [-0.4, -0.2) is 25.5 Å². The zero-order valence-corrected chi connectivity index (χ0v) is 13.8. The SMILES string of the molecule is COC(=O)C1CCN(C(=O)CCc2ccsc2)c2ccccc21. The van der Waals surface area contributed by atoms with Crippen LogP contribution >= 0.6 is 11.3 Å². The summed E-state index contributed by atoms with van der Waals surface area (Å²) in [6.07, 6.45) is 1.84. The van der Waals surface area contributed by atoms with E-state index >= 15 is 0 Å². The Morgan fingerprint density at radius 1 is 1.30 bits per heavy atom. The number of thiophene rings is 1. The van der Waals surface area contributed by atoms with Crippen molar-refractivity contribution in [2.45, 2.75) is 25.2 Å². The van der Waals surface area contributed by atoms with Crippen LogP contribution in [0.2, 0.25) is 0 Å². The summed E-state index contributed by atoms with van der Waals surface area (Å²) in [7, 11) is 1.41. The minimum Gasteiger partial charge on any atom is -0.469 e. The van der Waals surface area contributed by atoms with Gasteiger partial charge in [0.25, 0.3) is 0 Å². The van der Waals surface area contributed by atoms with Crippen LogP contribution in [-0.2, 0) is 20.7 Å². The third kappa shape index (κ3) is 3.29. The molecule has 1 aromatic heterocycles. The molecule has 2 heterocycles. The van der Waals surface area contributed by atoms with E-state index in [1.54, 1.807) is 16.2 Å². The number of amides is 1. The van der Waals surface area contributed by atoms with Crippen LogP contribution in [0, 0.1) is 0 Å². The molecule has 3 rings (SSSR count). The summed E-state index contributed by atoms with van der Waals surface area (Å²) in [5.41, 5.74) is 2.92. The van der Waals surface area contributed by atoms with Gasteiger partial charge in [0.1, 0.15) is 0 Å². The molecule has 1 aliphatic rings. The molecule has 2 aromatic rings. The molecule has 120 valence electrons. The van der Waals surface area contributed by atoms with Crippen LogP contribution in [0.1, 0.15) is 29.9 Å². The van der Waals surface area contributed by atoms with Gasteiger partial charge in [-0.3, -0.25) is 9.59 Å². The Morgan fingerprint density at radius 3 is 2.87 bits per heavy atom. The largest absolute Gasteiger partial charge is 0.469 e. The second-order valence-corrected chi connectivity index (χ2v) is 6.38. The molecule has 1 aliphatic heterocycles. The van der Waals surface area contributed by atoms with Crippen molar-refractivity contribution in [3.05, 3.63) is 52.2 Å². The van der Waals surface area contributed by atoms with E-state index < -0.39 is 0 Å². The van der Waals surface area contributed by atoms with E-state index in [1.165, 1.54) is 12.7 Å². The lowest BCUT2D eigenvalue weighted by Crippen LogP contribution is -2.38. The van der Waals surface area contributed by atoms with Gasteiger partial charge >= 0.3 is 5.97 Å². The fraction of sp³-hybridized carbons (Fsp3) is 0.333. The summed E-state index contributed by atoms with van der Waals surface area (Å²) in [5, 5.41) is 4.10. The molecule has 1 aromatic carbocycles. The van der Waals surface area contributed by atoms with E-state index in [-0.39, 0.29) is 17.8 Å². The van der Waals surface area contributed by atoms with Crippen molar-refractivity contribution in [1.82, 2.24) is 0 Å². The van der Waals surface area contributed by atoms with Crippen molar-refractivity contribution in [3.63, 3.8) is 0 Å². The van der Waals surface area contributed by atoms with Gasteiger partial charge in [-0.1, -0.05) is 18.2 Å². The van der Waals surface area contributed by atoms with E-state index in [9.17, 15) is 9.59 Å². The van der Waals surface area contributed by atoms with Gasteiger partial charge in [-0.25, -0.2) is 0 Å². The standard InChI is InChI=1S/C18H19NO3S/c1-22-18(21)15-8-10-19(16-5-3-2-4-14(15)16)17(20)7-6-13-9-11-23-12-13/h2-5,9,11-12,15H,6-8,10H2,1H3. The summed E-state index contributed by atoms with van der Waals surface area (Å²) in [4.78, 5) is 26.4. The topological polar surface area (TPSA) is 46.6 Å². The number of para-hydroxylation sites is 1. The van der Waals surface area contributed by atoms with Crippen LogP contribution in [0.5, 0.6) is 0 Å². The van der Waals surface area contributed by atoms with E-state index in [2.05, 4.69) is 11.4 Å². The smallest absolute Gasteiger partial charge is 0.313 e. The van der Waals surface area contributed by atoms with Crippen molar-refractivity contribution < 1.29 is 14.3 Å². The quantitative estimate of drug-likeness (QED) is 0.808. The van der Waals surface area contributed by atoms with E-state index in [1.807, 2.05) is 29.6 Å². The molecule has 23 heavy (non-hydrogen) atoms. The zero-order chi connectivity index (χ0) is 16.2. The number of esters is 1. The predicted molar refractivity (Wildman–Crippen MR) is 90.8 cm³/mol. The average Bonchev–Trinajstić information content (AvgIpc) is 3.11. The number of fused-ring (bicyclic) bond motifs is 1. The van der Waals surface area contributed by atoms with E-state index in [0.29, 0.717) is 19.4 Å². The maximum absolute atomic E-state index is 12.6. The minimum absolute atomic E-state index is 0.104. The number of methoxy groups -OCH3 is 1. The third-order valence-corrected chi connectivity index (χ3v) is 4.97. The number of carbonyl (C=O) groups is 2. The van der Waals surface area contributed by atoms with Crippen LogP contribution in [0.3, 0.4) is 0 Å². The molecule has 5 heteroatoms. The van der Waals surface area contributed by atoms with Gasteiger partial charge in [0, 0.05) is 18.7 Å². The number of hydrogen-bond acceptors (Lipinski definition) is 4. The predicted octanol–water partition coefficient (Wildman–Crippen LogP) is 3.37. The van der Waals surface area contributed by atoms with Crippen LogP contribution < -0.4 is 4.90 Å². The summed E-state index contributed by atoms with van der Waals surface area (Å²) < 4.78 is 4.90. The van der Waals surface area contributed by atoms with Gasteiger partial charge < -0.3 is 9.64 Å². The Bertz CT molecular complexity index is 696. The number of aryl methyl sites for hydroxylation is 1. The Balaban J connectivity index is 1.78. The van der Waals surface area contributed by atoms with Crippen molar-refractivity contribution in [2.24, 2.45) is 0 Å². The first-order chi connectivity index (χ1) is 11.2. The molecular weight excluding hydrogens is 310 g/mol. The molecule has 1 atom stereocenters. The van der Waals surface area contributed by atoms with Gasteiger partial charge in [0.05, 0.1) is 13.0 Å². The highest BCUT2D eigenvalue weighted by Gasteiger charge is 2.32. The molecule has 0 spiro atoms. The van der Waals surface area contributed by atoms with Crippen LogP contribution in [0.25, 0.3) is 0 Å². The molecule has 1 unspecified atom stereocenters. The van der Waals surface area contributed by atoms with Gasteiger partial charge in [-0.05, 0) is 46.9 Å². The van der Waals surface area contributed by atoms with Crippen LogP contribution in [0.15, 0.2) is 41.1 Å². The molecule has 0 bridgehead atoms. The summed E-state index contributed by atoms with van der Waals surface area (Å²) in [6, 6.07) is 9.67. The van der Waals surface area contributed by atoms with Gasteiger partial charge in [0.2, 0.25) is 5.91 Å². The molecule has 0 fully saturated rings. The molecular formula is C18H19NO3S. The second-order valence-electron chi connectivity index (χ2n) is 5.60. The summed E-state index contributed by atoms with van der Waals surface area (Å²) in [5.74, 6) is -0.410. The number of nitrogens with zero attached hydrogens (tertiary/aromatic N) is 1. The normalized spacial score (nSPS) is 16.7. The summed E-state index contributed by atoms with van der Waals surface area (Å²) in [6.45, 7) is 0.555. The fourth-order valence-corrected chi connectivity index (χ4v) is 3.73. The molecule has 0 saturated carbocycles. The number of hydrogen-bond donors (Lipinski definition) is 0. The lowest BCUT2D eigenvalue weighted by Gasteiger charge is -2.33. The third-order valence-electron chi connectivity index (χ3n) is 4.24. The first-order valence-electron chi connectivity index (χ1n) is 7.69. The number of rotatable bonds is 4. The molecule has 0 aliphatic carbocycles. The molecule has 0 radical (unpaired) electrons. The average molecular weight is 329 g/mol. The molecule has 0 N–H and O–H groups in total. The zero-order valence-electron chi connectivity index (χ0n) is 13.0. The monoisotopic (exact) mass is 329 g/mol. The Labute approximate surface area is 139 Å². The Hall–Kier alpha value is -2.14. The summed E-state index contributed by atoms with van der Waals surface area (Å²) >= 11 is 1.65. The number of carbonyl (C=O) groups excluding carboxylic acids is 2. The van der Waals surface area contributed by atoms with Crippen molar-refractivity contribution in [3.8, 4) is 0 Å². The van der Waals surface area contributed by atoms with Gasteiger partial charge in [0.15, 0.2) is 0 Å². The van der Waals surface area contributed by atoms with E-state index in [0.717, 1.165) is 17.7 Å². The first-order valence-corrected chi connectivity index (χ1v) is 8.63. The number of anilines is 1. The van der Waals surface area contributed by atoms with Crippen molar-refractivity contribution >= 4 is 28.9 Å². The molecule has 4 nitrogen and oxygen atoms in total. The second kappa shape index (κ2) is 6.96. The molecule has 0 saturated heterocycles. The maximum atomic E-state index is 12.6. The number of ether oxygens (including phenoxy) is 1. The highest BCUT2D eigenvalue weighted by molar-refractivity contribution is 7.07. The highest BCUT2D eigenvalue weighted by Crippen LogP contribution is 2.36. The highest BCUT2D eigenvalue weighted by atomic mass is 32.1. The molecule has 1 amide bonds. The van der Waals surface area contributed by atoms with Crippen LogP contribution in [0.4, 0.5) is 5.69 Å². The van der Waals surface area contributed by atoms with Gasteiger partial charge in [-0.2, -0.15) is 11.3 Å². The lowest BCUT2D eigenvalue weighted by atomic mass is 9.89. The number of benzene rings is 1. The Morgan fingerprint density at radius 2 is 2.13 bits per heavy atom. The van der Waals surface area contributed by atoms with Gasteiger partial charge in [-0.15, -0.1) is 0 Å². The lowest BCUT2D eigenvalue weighted by molar-refractivity contribution is -0.142.